The van der Waals surface area contributed by atoms with Crippen LogP contribution in [0.4, 0.5) is 13.2 Å². The molecule has 3 rings (SSSR count). The van der Waals surface area contributed by atoms with Gasteiger partial charge in [-0.3, -0.25) is 14.7 Å². The maximum Gasteiger partial charge on any atom is 0.416 e. The largest absolute Gasteiger partial charge is 0.444 e. The van der Waals surface area contributed by atoms with Crippen molar-refractivity contribution in [3.8, 4) is 0 Å². The number of halogens is 4. The molecule has 1 aliphatic heterocycles. The average Bonchev–Trinajstić information content (AvgIpc) is 3.20. The standard InChI is InChI=1S/C16H12BrF3N2O2S/c17-13-6-5-12(24-13)14(23)22-8-7-21-15(22)25-9-10-1-3-11(4-2-10)16(18,19)20/h1-6H,7-9H2. The molecular weight excluding hydrogens is 421 g/mol. The van der Waals surface area contributed by atoms with E-state index in [1.165, 1.54) is 28.8 Å². The minimum absolute atomic E-state index is 0.205. The second-order valence-corrected chi connectivity index (χ2v) is 6.93. The molecule has 0 saturated carbocycles. The van der Waals surface area contributed by atoms with Gasteiger partial charge in [-0.2, -0.15) is 13.2 Å². The third kappa shape index (κ3) is 4.27. The highest BCUT2D eigenvalue weighted by atomic mass is 79.9. The van der Waals surface area contributed by atoms with Crippen molar-refractivity contribution in [2.45, 2.75) is 11.9 Å². The number of hydrogen-bond acceptors (Lipinski definition) is 4. The molecule has 0 spiro atoms. The topological polar surface area (TPSA) is 45.8 Å². The lowest BCUT2D eigenvalue weighted by Crippen LogP contribution is -2.32. The van der Waals surface area contributed by atoms with Gasteiger partial charge in [0, 0.05) is 12.3 Å². The summed E-state index contributed by atoms with van der Waals surface area (Å²) in [5, 5.41) is 0.539. The Morgan fingerprint density at radius 1 is 1.24 bits per heavy atom. The molecule has 9 heteroatoms. The highest BCUT2D eigenvalue weighted by molar-refractivity contribution is 9.10. The molecule has 2 heterocycles. The summed E-state index contributed by atoms with van der Waals surface area (Å²) in [6.07, 6.45) is -4.35. The molecule has 0 aliphatic carbocycles. The molecule has 1 aromatic carbocycles. The first-order valence-corrected chi connectivity index (χ1v) is 9.03. The molecule has 132 valence electrons. The molecule has 1 aliphatic rings. The van der Waals surface area contributed by atoms with Crippen LogP contribution in [0.3, 0.4) is 0 Å². The second kappa shape index (κ2) is 7.25. The maximum absolute atomic E-state index is 12.6. The molecule has 0 unspecified atom stereocenters. The number of hydrogen-bond donors (Lipinski definition) is 0. The normalized spacial score (nSPS) is 14.7. The number of rotatable bonds is 3. The number of carbonyl (C=O) groups excluding carboxylic acids is 1. The van der Waals surface area contributed by atoms with Crippen molar-refractivity contribution < 1.29 is 22.4 Å². The lowest BCUT2D eigenvalue weighted by Gasteiger charge is -2.16. The van der Waals surface area contributed by atoms with Gasteiger partial charge in [-0.25, -0.2) is 0 Å². The lowest BCUT2D eigenvalue weighted by molar-refractivity contribution is -0.137. The van der Waals surface area contributed by atoms with E-state index in [0.29, 0.717) is 28.7 Å². The molecule has 1 aromatic heterocycles. The Bertz CT molecular complexity index is 802. The van der Waals surface area contributed by atoms with Crippen molar-refractivity contribution in [2.75, 3.05) is 13.1 Å². The van der Waals surface area contributed by atoms with Gasteiger partial charge in [0.2, 0.25) is 0 Å². The Labute approximate surface area is 154 Å². The number of aliphatic imine (C=N–C) groups is 1. The number of benzene rings is 1. The van der Waals surface area contributed by atoms with E-state index in [-0.39, 0.29) is 11.7 Å². The first-order chi connectivity index (χ1) is 11.8. The van der Waals surface area contributed by atoms with E-state index in [2.05, 4.69) is 20.9 Å². The Kier molecular flexibility index (Phi) is 5.24. The predicted molar refractivity (Wildman–Crippen MR) is 92.5 cm³/mol. The molecule has 0 bridgehead atoms. The van der Waals surface area contributed by atoms with Crippen LogP contribution in [0.1, 0.15) is 21.7 Å². The Balaban J connectivity index is 1.63. The third-order valence-electron chi connectivity index (χ3n) is 3.48. The van der Waals surface area contributed by atoms with Crippen LogP contribution in [0, 0.1) is 0 Å². The fourth-order valence-corrected chi connectivity index (χ4v) is 3.55. The summed E-state index contributed by atoms with van der Waals surface area (Å²) >= 11 is 4.46. The minimum Gasteiger partial charge on any atom is -0.444 e. The molecule has 0 fully saturated rings. The van der Waals surface area contributed by atoms with E-state index >= 15 is 0 Å². The van der Waals surface area contributed by atoms with E-state index in [9.17, 15) is 18.0 Å². The molecule has 0 radical (unpaired) electrons. The van der Waals surface area contributed by atoms with Gasteiger partial charge in [-0.05, 0) is 45.8 Å². The van der Waals surface area contributed by atoms with Crippen molar-refractivity contribution in [1.82, 2.24) is 4.90 Å². The second-order valence-electron chi connectivity index (χ2n) is 5.21. The predicted octanol–water partition coefficient (Wildman–Crippen LogP) is 4.81. The van der Waals surface area contributed by atoms with Gasteiger partial charge in [0.25, 0.3) is 5.91 Å². The Morgan fingerprint density at radius 2 is 1.96 bits per heavy atom. The number of furan rings is 1. The van der Waals surface area contributed by atoms with Crippen molar-refractivity contribution in [3.63, 3.8) is 0 Å². The van der Waals surface area contributed by atoms with Gasteiger partial charge in [-0.15, -0.1) is 0 Å². The molecule has 25 heavy (non-hydrogen) atoms. The number of thioether (sulfide) groups is 1. The summed E-state index contributed by atoms with van der Waals surface area (Å²) in [5.41, 5.74) is 0.0420. The third-order valence-corrected chi connectivity index (χ3v) is 4.99. The molecule has 1 amide bonds. The molecule has 2 aromatic rings. The first kappa shape index (κ1) is 18.1. The Morgan fingerprint density at radius 3 is 2.56 bits per heavy atom. The molecule has 4 nitrogen and oxygen atoms in total. The summed E-state index contributed by atoms with van der Waals surface area (Å²) in [5.74, 6) is 0.334. The number of amides is 1. The molecule has 0 N–H and O–H groups in total. The van der Waals surface area contributed by atoms with Gasteiger partial charge in [-0.1, -0.05) is 23.9 Å². The average molecular weight is 433 g/mol. The highest BCUT2D eigenvalue weighted by Crippen LogP contribution is 2.30. The molecule has 0 atom stereocenters. The van der Waals surface area contributed by atoms with Gasteiger partial charge >= 0.3 is 6.18 Å². The maximum atomic E-state index is 12.6. The van der Waals surface area contributed by atoms with Crippen LogP contribution in [0.5, 0.6) is 0 Å². The van der Waals surface area contributed by atoms with E-state index in [4.69, 9.17) is 4.42 Å². The van der Waals surface area contributed by atoms with Crippen LogP contribution in [0.2, 0.25) is 0 Å². The Hall–Kier alpha value is -1.74. The van der Waals surface area contributed by atoms with Gasteiger partial charge < -0.3 is 4.42 Å². The van der Waals surface area contributed by atoms with Crippen LogP contribution >= 0.6 is 27.7 Å². The van der Waals surface area contributed by atoms with Crippen LogP contribution in [-0.2, 0) is 11.9 Å². The number of carbonyl (C=O) groups is 1. The summed E-state index contributed by atoms with van der Waals surface area (Å²) in [6.45, 7) is 0.940. The van der Waals surface area contributed by atoms with Gasteiger partial charge in [0.15, 0.2) is 15.6 Å². The summed E-state index contributed by atoms with van der Waals surface area (Å²) in [4.78, 5) is 18.2. The monoisotopic (exact) mass is 432 g/mol. The van der Waals surface area contributed by atoms with E-state index in [0.717, 1.165) is 17.7 Å². The summed E-state index contributed by atoms with van der Waals surface area (Å²) < 4.78 is 43.5. The number of nitrogens with zero attached hydrogens (tertiary/aromatic N) is 2. The minimum atomic E-state index is -4.35. The van der Waals surface area contributed by atoms with Crippen LogP contribution in [-0.4, -0.2) is 29.1 Å². The smallest absolute Gasteiger partial charge is 0.416 e. The van der Waals surface area contributed by atoms with Crippen molar-refractivity contribution in [2.24, 2.45) is 4.99 Å². The van der Waals surface area contributed by atoms with Crippen LogP contribution < -0.4 is 0 Å². The van der Waals surface area contributed by atoms with E-state index < -0.39 is 11.7 Å². The van der Waals surface area contributed by atoms with Crippen molar-refractivity contribution >= 4 is 38.8 Å². The number of amidine groups is 1. The lowest BCUT2D eigenvalue weighted by atomic mass is 10.1. The molecular formula is C16H12BrF3N2O2S. The summed E-state index contributed by atoms with van der Waals surface area (Å²) in [6, 6.07) is 8.17. The fraction of sp³-hybridized carbons (Fsp3) is 0.250. The summed E-state index contributed by atoms with van der Waals surface area (Å²) in [7, 11) is 0. The zero-order chi connectivity index (χ0) is 18.0. The van der Waals surface area contributed by atoms with Gasteiger partial charge in [0.1, 0.15) is 0 Å². The first-order valence-electron chi connectivity index (χ1n) is 7.25. The quantitative estimate of drug-likeness (QED) is 0.699. The van der Waals surface area contributed by atoms with E-state index in [1.807, 2.05) is 0 Å². The van der Waals surface area contributed by atoms with Gasteiger partial charge in [0.05, 0.1) is 12.1 Å². The van der Waals surface area contributed by atoms with E-state index in [1.54, 1.807) is 12.1 Å². The number of alkyl halides is 3. The van der Waals surface area contributed by atoms with Crippen LogP contribution in [0.15, 0.2) is 50.5 Å². The zero-order valence-corrected chi connectivity index (χ0v) is 15.1. The highest BCUT2D eigenvalue weighted by Gasteiger charge is 2.30. The van der Waals surface area contributed by atoms with Crippen LogP contribution in [0.25, 0.3) is 0 Å². The van der Waals surface area contributed by atoms with Crippen molar-refractivity contribution in [3.05, 3.63) is 58.0 Å². The zero-order valence-electron chi connectivity index (χ0n) is 12.7. The van der Waals surface area contributed by atoms with Crippen molar-refractivity contribution in [1.29, 1.82) is 0 Å². The SMILES string of the molecule is O=C(c1ccc(Br)o1)N1CCN=C1SCc1ccc(C(F)(F)F)cc1. The fourth-order valence-electron chi connectivity index (χ4n) is 2.24. The molecule has 0 saturated heterocycles.